The van der Waals surface area contributed by atoms with Gasteiger partial charge in [0.1, 0.15) is 12.2 Å². The van der Waals surface area contributed by atoms with E-state index < -0.39 is 17.1 Å². The van der Waals surface area contributed by atoms with Crippen LogP contribution < -0.4 is 27.7 Å². The lowest BCUT2D eigenvalue weighted by molar-refractivity contribution is -0.334. The van der Waals surface area contributed by atoms with Crippen molar-refractivity contribution in [3.63, 3.8) is 0 Å². The topological polar surface area (TPSA) is 103 Å². The van der Waals surface area contributed by atoms with Crippen molar-refractivity contribution in [2.75, 3.05) is 39.3 Å². The summed E-state index contributed by atoms with van der Waals surface area (Å²) >= 11 is 0. The van der Waals surface area contributed by atoms with E-state index in [0.29, 0.717) is 11.1 Å². The highest BCUT2D eigenvalue weighted by Crippen LogP contribution is 2.31. The molecule has 1 heterocycles. The van der Waals surface area contributed by atoms with Gasteiger partial charge in [0, 0.05) is 45.1 Å². The number of hydrogen-bond acceptors (Lipinski definition) is 7. The first-order valence-electron chi connectivity index (χ1n) is 7.91. The van der Waals surface area contributed by atoms with Gasteiger partial charge in [0.25, 0.3) is 5.69 Å². The molecule has 9 heteroatoms. The molecule has 8 nitrogen and oxygen atoms in total. The number of nitrogens with zero attached hydrogens (tertiary/aromatic N) is 1. The minimum absolute atomic E-state index is 0. The number of ether oxygens (including phenoxy) is 2. The normalized spacial score (nSPS) is 10.6. The molecule has 0 atom stereocenters. The number of carbonyl (C=O) groups excluding carboxylic acids is 1. The number of aromatic amines is 1. The Morgan fingerprint density at radius 2 is 2.00 bits per heavy atom. The van der Waals surface area contributed by atoms with Gasteiger partial charge in [0.15, 0.2) is 0 Å². The Morgan fingerprint density at radius 1 is 1.26 bits per heavy atom. The molecule has 144 valence electrons. The van der Waals surface area contributed by atoms with Gasteiger partial charge in [0.05, 0.1) is 6.61 Å². The molecule has 1 aliphatic carbocycles. The minimum atomic E-state index is -0.726. The molecule has 0 spiro atoms. The second-order valence-corrected chi connectivity index (χ2v) is 5.91. The first-order chi connectivity index (χ1) is 12.4. The summed E-state index contributed by atoms with van der Waals surface area (Å²) in [5.74, 6) is -1.37. The van der Waals surface area contributed by atoms with E-state index in [1.54, 1.807) is 12.1 Å². The van der Waals surface area contributed by atoms with Crippen molar-refractivity contribution in [1.29, 1.82) is 0 Å². The van der Waals surface area contributed by atoms with Gasteiger partial charge in [-0.1, -0.05) is 0 Å². The number of methoxy groups -OCH3 is 1. The van der Waals surface area contributed by atoms with Gasteiger partial charge >= 0.3 is 5.97 Å². The number of esters is 1. The average molecular weight is 395 g/mol. The maximum Gasteiger partial charge on any atom is 0.345 e. The number of halogens is 1. The molecule has 0 bridgehead atoms. The number of aromatic nitrogens is 1. The van der Waals surface area contributed by atoms with Gasteiger partial charge in [-0.2, -0.15) is 4.98 Å². The average Bonchev–Trinajstić information content (AvgIpc) is 2.63. The third kappa shape index (κ3) is 3.96. The van der Waals surface area contributed by atoms with Gasteiger partial charge in [0.2, 0.25) is 28.0 Å². The second kappa shape index (κ2) is 8.24. The van der Waals surface area contributed by atoms with Crippen molar-refractivity contribution in [2.24, 2.45) is 0 Å². The molecule has 27 heavy (non-hydrogen) atoms. The molecule has 1 aromatic carbocycles. The van der Waals surface area contributed by atoms with Crippen LogP contribution in [0.15, 0.2) is 33.5 Å². The summed E-state index contributed by atoms with van der Waals surface area (Å²) in [7, 11) is 5.25. The molecule has 0 aromatic heterocycles. The molecule has 2 N–H and O–H groups in total. The first kappa shape index (κ1) is 20.5. The van der Waals surface area contributed by atoms with Crippen LogP contribution in [0.2, 0.25) is 0 Å². The summed E-state index contributed by atoms with van der Waals surface area (Å²) in [6.07, 6.45) is 0. The Labute approximate surface area is 161 Å². The molecule has 1 aromatic rings. The molecule has 2 aliphatic rings. The zero-order chi connectivity index (χ0) is 18.8. The highest BCUT2D eigenvalue weighted by atomic mass is 35.5. The largest absolute Gasteiger partial charge is 1.00 e. The third-order valence-electron chi connectivity index (χ3n) is 3.91. The van der Waals surface area contributed by atoms with E-state index in [1.165, 1.54) is 7.11 Å². The predicted molar refractivity (Wildman–Crippen MR) is 93.8 cm³/mol. The van der Waals surface area contributed by atoms with Crippen LogP contribution in [-0.4, -0.2) is 45.5 Å². The summed E-state index contributed by atoms with van der Waals surface area (Å²) in [5.41, 5.74) is 1.37. The van der Waals surface area contributed by atoms with E-state index in [1.807, 2.05) is 25.1 Å². The number of nitrogens with one attached hydrogen (secondary N) is 1. The van der Waals surface area contributed by atoms with Crippen molar-refractivity contribution in [3.05, 3.63) is 40.1 Å². The molecule has 0 unspecified atom stereocenters. The molecular formula is C18H19ClN2O6. The van der Waals surface area contributed by atoms with Crippen molar-refractivity contribution >= 4 is 22.8 Å². The van der Waals surface area contributed by atoms with E-state index in [0.717, 1.165) is 11.8 Å². The number of anilines is 1. The van der Waals surface area contributed by atoms with E-state index in [4.69, 9.17) is 13.9 Å². The number of benzene rings is 2. The first-order valence-corrected chi connectivity index (χ1v) is 7.91. The fourth-order valence-corrected chi connectivity index (χ4v) is 2.53. The molecule has 0 amide bonds. The Bertz CT molecular complexity index is 1000. The zero-order valence-electron chi connectivity index (χ0n) is 15.0. The van der Waals surface area contributed by atoms with Gasteiger partial charge < -0.3 is 36.3 Å². The van der Waals surface area contributed by atoms with Crippen molar-refractivity contribution < 1.29 is 41.2 Å². The Morgan fingerprint density at radius 3 is 2.67 bits per heavy atom. The van der Waals surface area contributed by atoms with Gasteiger partial charge in [-0.3, -0.25) is 4.79 Å². The number of rotatable bonds is 5. The minimum Gasteiger partial charge on any atom is -1.00 e. The van der Waals surface area contributed by atoms with E-state index in [9.17, 15) is 14.7 Å². The molecule has 0 fully saturated rings. The summed E-state index contributed by atoms with van der Waals surface area (Å²) in [6.45, 7) is 0.277. The van der Waals surface area contributed by atoms with Gasteiger partial charge in [-0.05, 0) is 6.07 Å². The molecule has 0 saturated carbocycles. The molecular weight excluding hydrogens is 376 g/mol. The van der Waals surface area contributed by atoms with Crippen LogP contribution in [0, 0.1) is 0 Å². The Hall–Kier alpha value is -2.84. The Kier molecular flexibility index (Phi) is 6.24. The highest BCUT2D eigenvalue weighted by molar-refractivity contribution is 5.96. The molecule has 0 saturated heterocycles. The van der Waals surface area contributed by atoms with Crippen LogP contribution in [0.1, 0.15) is 10.4 Å². The number of carbonyl (C=O) groups is 1. The van der Waals surface area contributed by atoms with E-state index >= 15 is 0 Å². The van der Waals surface area contributed by atoms with Crippen molar-refractivity contribution in [1.82, 2.24) is 0 Å². The summed E-state index contributed by atoms with van der Waals surface area (Å²) < 4.78 is 15.6. The SMILES string of the molecule is COCCOC(=O)c1cc(=O)c(O)c2oc3cc(N(C)C)ccc3[nH+]c1-2.[Cl-]. The maximum atomic E-state index is 12.3. The van der Waals surface area contributed by atoms with Crippen LogP contribution >= 0.6 is 0 Å². The number of H-pyrrole nitrogens is 1. The predicted octanol–water partition coefficient (Wildman–Crippen LogP) is -1.71. The van der Waals surface area contributed by atoms with Crippen LogP contribution in [0.5, 0.6) is 5.75 Å². The second-order valence-electron chi connectivity index (χ2n) is 5.91. The molecule has 1 aliphatic heterocycles. The van der Waals surface area contributed by atoms with Crippen molar-refractivity contribution in [2.45, 2.75) is 0 Å². The quantitative estimate of drug-likeness (QED) is 0.312. The smallest absolute Gasteiger partial charge is 0.345 e. The van der Waals surface area contributed by atoms with Crippen LogP contribution in [0.3, 0.4) is 0 Å². The van der Waals surface area contributed by atoms with E-state index in [-0.39, 0.29) is 42.6 Å². The Balaban J connectivity index is 0.00000261. The fraction of sp³-hybridized carbons (Fsp3) is 0.278. The van der Waals surface area contributed by atoms with Gasteiger partial charge in [-0.15, -0.1) is 0 Å². The number of fused-ring (bicyclic) bond motifs is 2. The van der Waals surface area contributed by atoms with Crippen LogP contribution in [0.25, 0.3) is 22.6 Å². The standard InChI is InChI=1S/C18H18N2O6.ClH/c1-20(2)10-4-5-12-14(8-10)26-17-15(19-12)11(9-13(21)16(17)22)18(23)25-7-6-24-3;/h4-5,8-9,22H,6-7H2,1-3H3;1H. The molecule has 0 radical (unpaired) electrons. The summed E-state index contributed by atoms with van der Waals surface area (Å²) in [5, 5.41) is 10.1. The lowest BCUT2D eigenvalue weighted by atomic mass is 10.1. The lowest BCUT2D eigenvalue weighted by Crippen LogP contribution is -3.00. The third-order valence-corrected chi connectivity index (χ3v) is 3.91. The lowest BCUT2D eigenvalue weighted by Gasteiger charge is -2.12. The highest BCUT2D eigenvalue weighted by Gasteiger charge is 2.30. The summed E-state index contributed by atoms with van der Waals surface area (Å²) in [4.78, 5) is 29.3. The van der Waals surface area contributed by atoms with Gasteiger partial charge in [-0.25, -0.2) is 4.79 Å². The number of phenols is 1. The summed E-state index contributed by atoms with van der Waals surface area (Å²) in [6, 6.07) is 6.45. The maximum absolute atomic E-state index is 12.3. The fourth-order valence-electron chi connectivity index (χ4n) is 2.53. The van der Waals surface area contributed by atoms with Crippen molar-refractivity contribution in [3.8, 4) is 17.2 Å². The molecule has 3 rings (SSSR count). The zero-order valence-corrected chi connectivity index (χ0v) is 15.8. The van der Waals surface area contributed by atoms with Crippen LogP contribution in [0.4, 0.5) is 5.69 Å². The van der Waals surface area contributed by atoms with E-state index in [2.05, 4.69) is 4.98 Å². The number of aromatic hydroxyl groups is 1. The van der Waals surface area contributed by atoms with Crippen LogP contribution in [-0.2, 0) is 9.47 Å². The number of hydrogen-bond donors (Lipinski definition) is 1. The number of phenolic OH excluding ortho intramolecular Hbond substituents is 1. The monoisotopic (exact) mass is 394 g/mol.